The smallest absolute Gasteiger partial charge is 0.213 e. The minimum absolute atomic E-state index is 0.359. The first-order valence-electron chi connectivity index (χ1n) is 4.14. The van der Waals surface area contributed by atoms with Gasteiger partial charge in [-0.05, 0) is 13.0 Å². The molecule has 0 aliphatic rings. The van der Waals surface area contributed by atoms with Crippen LogP contribution in [0.15, 0.2) is 18.3 Å². The summed E-state index contributed by atoms with van der Waals surface area (Å²) >= 11 is 0. The van der Waals surface area contributed by atoms with E-state index in [0.29, 0.717) is 12.4 Å². The van der Waals surface area contributed by atoms with Gasteiger partial charge in [0.2, 0.25) is 5.88 Å². The minimum atomic E-state index is -0.359. The van der Waals surface area contributed by atoms with Crippen LogP contribution in [0.1, 0.15) is 6.92 Å². The third-order valence-corrected chi connectivity index (χ3v) is 1.55. The number of hydrogen-bond donors (Lipinski definition) is 2. The van der Waals surface area contributed by atoms with Crippen molar-refractivity contribution in [3.8, 4) is 5.88 Å². The fourth-order valence-corrected chi connectivity index (χ4v) is 0.871. The van der Waals surface area contributed by atoms with E-state index in [2.05, 4.69) is 10.3 Å². The monoisotopic (exact) mass is 182 g/mol. The quantitative estimate of drug-likeness (QED) is 0.726. The molecule has 72 valence electrons. The van der Waals surface area contributed by atoms with Gasteiger partial charge in [0, 0.05) is 12.6 Å². The second kappa shape index (κ2) is 4.67. The molecule has 0 radical (unpaired) electrons. The molecule has 2 N–H and O–H groups in total. The summed E-state index contributed by atoms with van der Waals surface area (Å²) in [5, 5.41) is 12.0. The molecular formula is C9H14N2O2. The number of nitrogens with one attached hydrogen (secondary N) is 1. The lowest BCUT2D eigenvalue weighted by molar-refractivity contribution is 0.208. The number of rotatable bonds is 4. The average Bonchev–Trinajstić information content (AvgIpc) is 2.15. The van der Waals surface area contributed by atoms with Gasteiger partial charge in [-0.2, -0.15) is 0 Å². The highest BCUT2D eigenvalue weighted by molar-refractivity contribution is 5.41. The van der Waals surface area contributed by atoms with E-state index in [4.69, 9.17) is 9.84 Å². The number of hydrogen-bond acceptors (Lipinski definition) is 4. The molecule has 0 aliphatic carbocycles. The molecule has 0 unspecified atom stereocenters. The standard InChI is InChI=1S/C9H14N2O2/c1-7(12)5-10-8-3-4-9(13-2)11-6-8/h3-4,6-7,10,12H,5H2,1-2H3/t7-/m1/s1. The molecule has 0 saturated heterocycles. The molecule has 1 aromatic rings. The summed E-state index contributed by atoms with van der Waals surface area (Å²) in [6, 6.07) is 3.62. The number of methoxy groups -OCH3 is 1. The van der Waals surface area contributed by atoms with Crippen molar-refractivity contribution in [1.29, 1.82) is 0 Å². The molecule has 0 saturated carbocycles. The van der Waals surface area contributed by atoms with Gasteiger partial charge in [-0.25, -0.2) is 4.98 Å². The van der Waals surface area contributed by atoms with E-state index in [0.717, 1.165) is 5.69 Å². The molecule has 0 aliphatic heterocycles. The summed E-state index contributed by atoms with van der Waals surface area (Å²) in [5.41, 5.74) is 0.877. The van der Waals surface area contributed by atoms with E-state index >= 15 is 0 Å². The summed E-state index contributed by atoms with van der Waals surface area (Å²) < 4.78 is 4.91. The molecule has 1 aromatic heterocycles. The van der Waals surface area contributed by atoms with E-state index in [1.165, 1.54) is 0 Å². The molecule has 4 heteroatoms. The fraction of sp³-hybridized carbons (Fsp3) is 0.444. The number of aliphatic hydroxyl groups is 1. The van der Waals surface area contributed by atoms with Crippen LogP contribution in [0.4, 0.5) is 5.69 Å². The number of anilines is 1. The fourth-order valence-electron chi connectivity index (χ4n) is 0.871. The van der Waals surface area contributed by atoms with Crippen molar-refractivity contribution in [2.75, 3.05) is 19.0 Å². The van der Waals surface area contributed by atoms with Crippen molar-refractivity contribution in [1.82, 2.24) is 4.98 Å². The minimum Gasteiger partial charge on any atom is -0.481 e. The molecule has 0 amide bonds. The van der Waals surface area contributed by atoms with Gasteiger partial charge >= 0.3 is 0 Å². The molecule has 1 heterocycles. The van der Waals surface area contributed by atoms with Crippen molar-refractivity contribution in [2.24, 2.45) is 0 Å². The second-order valence-corrected chi connectivity index (χ2v) is 2.82. The summed E-state index contributed by atoms with van der Waals surface area (Å²) in [4.78, 5) is 4.01. The first-order valence-corrected chi connectivity index (χ1v) is 4.14. The highest BCUT2D eigenvalue weighted by atomic mass is 16.5. The van der Waals surface area contributed by atoms with E-state index in [1.54, 1.807) is 26.3 Å². The Morgan fingerprint density at radius 2 is 2.38 bits per heavy atom. The Morgan fingerprint density at radius 3 is 2.85 bits per heavy atom. The molecule has 1 rings (SSSR count). The number of pyridine rings is 1. The van der Waals surface area contributed by atoms with E-state index in [-0.39, 0.29) is 6.10 Å². The Morgan fingerprint density at radius 1 is 1.62 bits per heavy atom. The lowest BCUT2D eigenvalue weighted by Crippen LogP contribution is -2.15. The van der Waals surface area contributed by atoms with Crippen molar-refractivity contribution >= 4 is 5.69 Å². The topological polar surface area (TPSA) is 54.4 Å². The maximum absolute atomic E-state index is 9.01. The van der Waals surface area contributed by atoms with Gasteiger partial charge in [-0.3, -0.25) is 0 Å². The molecule has 13 heavy (non-hydrogen) atoms. The van der Waals surface area contributed by atoms with Gasteiger partial charge in [0.05, 0.1) is 25.1 Å². The Balaban J connectivity index is 2.49. The summed E-state index contributed by atoms with van der Waals surface area (Å²) in [6.07, 6.45) is 1.31. The van der Waals surface area contributed by atoms with Crippen LogP contribution in [0.25, 0.3) is 0 Å². The largest absolute Gasteiger partial charge is 0.481 e. The Labute approximate surface area is 77.6 Å². The average molecular weight is 182 g/mol. The van der Waals surface area contributed by atoms with Gasteiger partial charge < -0.3 is 15.2 Å². The van der Waals surface area contributed by atoms with Crippen LogP contribution in [0.5, 0.6) is 5.88 Å². The zero-order chi connectivity index (χ0) is 9.68. The van der Waals surface area contributed by atoms with Crippen molar-refractivity contribution in [2.45, 2.75) is 13.0 Å². The Bertz CT molecular complexity index is 246. The van der Waals surface area contributed by atoms with E-state index < -0.39 is 0 Å². The van der Waals surface area contributed by atoms with Gasteiger partial charge in [-0.1, -0.05) is 0 Å². The number of aliphatic hydroxyl groups excluding tert-OH is 1. The molecule has 4 nitrogen and oxygen atoms in total. The predicted octanol–water partition coefficient (Wildman–Crippen LogP) is 0.883. The van der Waals surface area contributed by atoms with Crippen LogP contribution >= 0.6 is 0 Å². The first kappa shape index (κ1) is 9.80. The molecule has 0 spiro atoms. The maximum atomic E-state index is 9.01. The lowest BCUT2D eigenvalue weighted by atomic mass is 10.3. The molecule has 0 aromatic carbocycles. The normalized spacial score (nSPS) is 12.2. The van der Waals surface area contributed by atoms with Crippen LogP contribution in [-0.2, 0) is 0 Å². The predicted molar refractivity (Wildman–Crippen MR) is 51.0 cm³/mol. The van der Waals surface area contributed by atoms with Crippen molar-refractivity contribution < 1.29 is 9.84 Å². The summed E-state index contributed by atoms with van der Waals surface area (Å²) in [6.45, 7) is 2.25. The van der Waals surface area contributed by atoms with Crippen LogP contribution in [0, 0.1) is 0 Å². The number of aromatic nitrogens is 1. The van der Waals surface area contributed by atoms with Gasteiger partial charge in [0.15, 0.2) is 0 Å². The van der Waals surface area contributed by atoms with Crippen LogP contribution < -0.4 is 10.1 Å². The van der Waals surface area contributed by atoms with Crippen molar-refractivity contribution in [3.05, 3.63) is 18.3 Å². The van der Waals surface area contributed by atoms with E-state index in [9.17, 15) is 0 Å². The zero-order valence-corrected chi connectivity index (χ0v) is 7.82. The van der Waals surface area contributed by atoms with Gasteiger partial charge in [0.25, 0.3) is 0 Å². The zero-order valence-electron chi connectivity index (χ0n) is 7.82. The van der Waals surface area contributed by atoms with Gasteiger partial charge in [0.1, 0.15) is 0 Å². The number of nitrogens with zero attached hydrogens (tertiary/aromatic N) is 1. The Hall–Kier alpha value is -1.29. The molecular weight excluding hydrogens is 168 g/mol. The SMILES string of the molecule is COc1ccc(NC[C@@H](C)O)cn1. The summed E-state index contributed by atoms with van der Waals surface area (Å²) in [5.74, 6) is 0.586. The maximum Gasteiger partial charge on any atom is 0.213 e. The third-order valence-electron chi connectivity index (χ3n) is 1.55. The molecule has 0 fully saturated rings. The molecule has 0 bridgehead atoms. The third kappa shape index (κ3) is 3.29. The van der Waals surface area contributed by atoms with Crippen LogP contribution in [0.3, 0.4) is 0 Å². The summed E-state index contributed by atoms with van der Waals surface area (Å²) in [7, 11) is 1.57. The highest BCUT2D eigenvalue weighted by Crippen LogP contribution is 2.10. The first-order chi connectivity index (χ1) is 6.22. The second-order valence-electron chi connectivity index (χ2n) is 2.82. The number of ether oxygens (including phenoxy) is 1. The van der Waals surface area contributed by atoms with Crippen molar-refractivity contribution in [3.63, 3.8) is 0 Å². The van der Waals surface area contributed by atoms with Crippen LogP contribution in [-0.4, -0.2) is 29.8 Å². The molecule has 1 atom stereocenters. The lowest BCUT2D eigenvalue weighted by Gasteiger charge is -2.07. The van der Waals surface area contributed by atoms with Gasteiger partial charge in [-0.15, -0.1) is 0 Å². The Kier molecular flexibility index (Phi) is 3.52. The van der Waals surface area contributed by atoms with E-state index in [1.807, 2.05) is 6.07 Å². The van der Waals surface area contributed by atoms with Crippen LogP contribution in [0.2, 0.25) is 0 Å². The highest BCUT2D eigenvalue weighted by Gasteiger charge is 1.96.